The Kier molecular flexibility index (Phi) is 3.84. The number of nitrogens with zero attached hydrogens (tertiary/aromatic N) is 2. The molecule has 1 aromatic carbocycles. The van der Waals surface area contributed by atoms with Crippen LogP contribution in [-0.4, -0.2) is 17.0 Å². The Morgan fingerprint density at radius 3 is 2.70 bits per heavy atom. The Morgan fingerprint density at radius 1 is 1.15 bits per heavy atom. The van der Waals surface area contributed by atoms with E-state index in [0.717, 1.165) is 27.1 Å². The number of halogens is 1. The van der Waals surface area contributed by atoms with Crippen LogP contribution < -0.4 is 10.6 Å². The first-order chi connectivity index (χ1) is 9.76. The van der Waals surface area contributed by atoms with Crippen molar-refractivity contribution in [3.8, 4) is 0 Å². The zero-order chi connectivity index (χ0) is 13.9. The lowest BCUT2D eigenvalue weighted by molar-refractivity contribution is 1.10. The molecule has 0 bridgehead atoms. The van der Waals surface area contributed by atoms with Gasteiger partial charge in [0.2, 0.25) is 5.95 Å². The van der Waals surface area contributed by atoms with E-state index in [2.05, 4.69) is 48.7 Å². The van der Waals surface area contributed by atoms with Crippen LogP contribution in [0, 0.1) is 0 Å². The van der Waals surface area contributed by atoms with Gasteiger partial charge in [0.05, 0.1) is 5.39 Å². The van der Waals surface area contributed by atoms with Gasteiger partial charge in [-0.15, -0.1) is 11.3 Å². The van der Waals surface area contributed by atoms with Crippen molar-refractivity contribution in [2.75, 3.05) is 17.7 Å². The summed E-state index contributed by atoms with van der Waals surface area (Å²) in [5.74, 6) is 1.50. The molecule has 0 aliphatic carbocycles. The van der Waals surface area contributed by atoms with Crippen LogP contribution in [-0.2, 0) is 6.54 Å². The van der Waals surface area contributed by atoms with E-state index in [1.807, 2.05) is 30.6 Å². The topological polar surface area (TPSA) is 49.8 Å². The van der Waals surface area contributed by atoms with Gasteiger partial charge in [-0.05, 0) is 29.1 Å². The molecule has 0 fully saturated rings. The Bertz CT molecular complexity index is 724. The summed E-state index contributed by atoms with van der Waals surface area (Å²) in [6, 6.07) is 10.3. The molecule has 0 aliphatic heterocycles. The summed E-state index contributed by atoms with van der Waals surface area (Å²) in [7, 11) is 1.83. The van der Waals surface area contributed by atoms with E-state index in [4.69, 9.17) is 0 Å². The van der Waals surface area contributed by atoms with Gasteiger partial charge >= 0.3 is 0 Å². The predicted octanol–water partition coefficient (Wildman–Crippen LogP) is 4.11. The van der Waals surface area contributed by atoms with Crippen molar-refractivity contribution in [3.63, 3.8) is 0 Å². The zero-order valence-electron chi connectivity index (χ0n) is 10.9. The fraction of sp³-hybridized carbons (Fsp3) is 0.143. The van der Waals surface area contributed by atoms with Gasteiger partial charge in [-0.1, -0.05) is 28.1 Å². The van der Waals surface area contributed by atoms with Crippen LogP contribution in [0.1, 0.15) is 5.56 Å². The largest absolute Gasteiger partial charge is 0.365 e. The monoisotopic (exact) mass is 348 g/mol. The maximum Gasteiger partial charge on any atom is 0.225 e. The van der Waals surface area contributed by atoms with Crippen LogP contribution in [0.5, 0.6) is 0 Å². The highest BCUT2D eigenvalue weighted by molar-refractivity contribution is 9.10. The lowest BCUT2D eigenvalue weighted by Crippen LogP contribution is -2.04. The number of nitrogens with one attached hydrogen (secondary N) is 2. The van der Waals surface area contributed by atoms with Crippen LogP contribution in [0.15, 0.2) is 40.2 Å². The van der Waals surface area contributed by atoms with E-state index < -0.39 is 0 Å². The molecular weight excluding hydrogens is 336 g/mol. The highest BCUT2D eigenvalue weighted by Gasteiger charge is 2.07. The summed E-state index contributed by atoms with van der Waals surface area (Å²) < 4.78 is 1.08. The number of hydrogen-bond donors (Lipinski definition) is 2. The van der Waals surface area contributed by atoms with Crippen molar-refractivity contribution < 1.29 is 0 Å². The van der Waals surface area contributed by atoms with E-state index in [-0.39, 0.29) is 0 Å². The Labute approximate surface area is 129 Å². The third-order valence-electron chi connectivity index (χ3n) is 2.92. The predicted molar refractivity (Wildman–Crippen MR) is 88.4 cm³/mol. The molecule has 3 aromatic rings. The number of rotatable bonds is 4. The van der Waals surface area contributed by atoms with Gasteiger partial charge in [0.1, 0.15) is 10.6 Å². The number of thiophene rings is 1. The van der Waals surface area contributed by atoms with E-state index in [0.29, 0.717) is 5.95 Å². The van der Waals surface area contributed by atoms with E-state index in [1.165, 1.54) is 5.56 Å². The molecule has 3 rings (SSSR count). The van der Waals surface area contributed by atoms with Crippen molar-refractivity contribution >= 4 is 49.2 Å². The van der Waals surface area contributed by atoms with E-state index in [1.54, 1.807) is 11.3 Å². The summed E-state index contributed by atoms with van der Waals surface area (Å²) in [5.41, 5.74) is 1.21. The lowest BCUT2D eigenvalue weighted by Gasteiger charge is -2.08. The van der Waals surface area contributed by atoms with Gasteiger partial charge in [-0.2, -0.15) is 4.98 Å². The van der Waals surface area contributed by atoms with Crippen molar-refractivity contribution in [2.24, 2.45) is 0 Å². The first-order valence-electron chi connectivity index (χ1n) is 6.17. The van der Waals surface area contributed by atoms with Crippen LogP contribution in [0.25, 0.3) is 10.2 Å². The summed E-state index contributed by atoms with van der Waals surface area (Å²) in [6.45, 7) is 0.735. The number of aromatic nitrogens is 2. The van der Waals surface area contributed by atoms with Gasteiger partial charge in [0.25, 0.3) is 0 Å². The van der Waals surface area contributed by atoms with Crippen LogP contribution in [0.3, 0.4) is 0 Å². The molecule has 0 unspecified atom stereocenters. The van der Waals surface area contributed by atoms with Crippen molar-refractivity contribution in [3.05, 3.63) is 45.7 Å². The normalized spacial score (nSPS) is 10.7. The smallest absolute Gasteiger partial charge is 0.225 e. The molecule has 6 heteroatoms. The van der Waals surface area contributed by atoms with Crippen LogP contribution in [0.2, 0.25) is 0 Å². The lowest BCUT2D eigenvalue weighted by atomic mass is 10.2. The minimum Gasteiger partial charge on any atom is -0.365 e. The van der Waals surface area contributed by atoms with Gasteiger partial charge in [-0.25, -0.2) is 4.98 Å². The molecule has 0 saturated carbocycles. The van der Waals surface area contributed by atoms with Crippen molar-refractivity contribution in [2.45, 2.75) is 6.54 Å². The molecule has 0 spiro atoms. The van der Waals surface area contributed by atoms with E-state index >= 15 is 0 Å². The van der Waals surface area contributed by atoms with Crippen molar-refractivity contribution in [1.82, 2.24) is 9.97 Å². The second-order valence-corrected chi connectivity index (χ2v) is 6.08. The zero-order valence-corrected chi connectivity index (χ0v) is 13.3. The van der Waals surface area contributed by atoms with Gasteiger partial charge in [0.15, 0.2) is 0 Å². The summed E-state index contributed by atoms with van der Waals surface area (Å²) in [4.78, 5) is 9.91. The minimum atomic E-state index is 0.637. The summed E-state index contributed by atoms with van der Waals surface area (Å²) >= 11 is 5.06. The molecule has 20 heavy (non-hydrogen) atoms. The van der Waals surface area contributed by atoms with E-state index in [9.17, 15) is 0 Å². The van der Waals surface area contributed by atoms with Crippen LogP contribution >= 0.6 is 27.3 Å². The molecule has 2 aromatic heterocycles. The Morgan fingerprint density at radius 2 is 1.95 bits per heavy atom. The molecule has 4 nitrogen and oxygen atoms in total. The SMILES string of the molecule is CNc1nc(NCc2ccc(Br)cc2)c2ccsc2n1. The van der Waals surface area contributed by atoms with Gasteiger partial charge < -0.3 is 10.6 Å². The molecule has 0 saturated heterocycles. The summed E-state index contributed by atoms with van der Waals surface area (Å²) in [6.07, 6.45) is 0. The molecule has 0 radical (unpaired) electrons. The fourth-order valence-electron chi connectivity index (χ4n) is 1.89. The number of benzene rings is 1. The molecule has 102 valence electrons. The quantitative estimate of drug-likeness (QED) is 0.744. The molecule has 0 atom stereocenters. The third-order valence-corrected chi connectivity index (χ3v) is 4.26. The molecule has 2 N–H and O–H groups in total. The van der Waals surface area contributed by atoms with Gasteiger partial charge in [-0.3, -0.25) is 0 Å². The Hall–Kier alpha value is -1.66. The standard InChI is InChI=1S/C14H13BrN4S/c1-16-14-18-12(11-6-7-20-13(11)19-14)17-8-9-2-4-10(15)5-3-9/h2-7H,8H2,1H3,(H2,16,17,18,19). The average molecular weight is 349 g/mol. The second-order valence-electron chi connectivity index (χ2n) is 4.27. The maximum absolute atomic E-state index is 4.49. The maximum atomic E-state index is 4.49. The highest BCUT2D eigenvalue weighted by atomic mass is 79.9. The molecule has 2 heterocycles. The molecule has 0 aliphatic rings. The number of fused-ring (bicyclic) bond motifs is 1. The Balaban J connectivity index is 1.86. The number of hydrogen-bond acceptors (Lipinski definition) is 5. The third kappa shape index (κ3) is 2.76. The highest BCUT2D eigenvalue weighted by Crippen LogP contribution is 2.26. The molecule has 0 amide bonds. The fourth-order valence-corrected chi connectivity index (χ4v) is 2.92. The van der Waals surface area contributed by atoms with Crippen molar-refractivity contribution in [1.29, 1.82) is 0 Å². The summed E-state index contributed by atoms with van der Waals surface area (Å²) in [5, 5.41) is 9.47. The second kappa shape index (κ2) is 5.76. The first-order valence-corrected chi connectivity index (χ1v) is 7.85. The number of anilines is 2. The van der Waals surface area contributed by atoms with Gasteiger partial charge in [0, 0.05) is 18.1 Å². The molecular formula is C14H13BrN4S. The minimum absolute atomic E-state index is 0.637. The first kappa shape index (κ1) is 13.3. The average Bonchev–Trinajstić information content (AvgIpc) is 2.94. The van der Waals surface area contributed by atoms with Crippen LogP contribution in [0.4, 0.5) is 11.8 Å².